The van der Waals surface area contributed by atoms with Crippen molar-refractivity contribution in [1.82, 2.24) is 25.5 Å². The van der Waals surface area contributed by atoms with Gasteiger partial charge in [-0.1, -0.05) is 31.1 Å². The van der Waals surface area contributed by atoms with Gasteiger partial charge < -0.3 is 4.74 Å². The van der Waals surface area contributed by atoms with Crippen LogP contribution in [0.4, 0.5) is 5.95 Å². The molecule has 1 amide bonds. The fraction of sp³-hybridized carbons (Fsp3) is 0.400. The number of aryl methyl sites for hydroxylation is 1. The largest absolute Gasteiger partial charge is 0.496 e. The van der Waals surface area contributed by atoms with E-state index in [4.69, 9.17) is 17.0 Å². The van der Waals surface area contributed by atoms with Crippen molar-refractivity contribution in [2.45, 2.75) is 27.3 Å². The molecule has 9 heteroatoms. The van der Waals surface area contributed by atoms with Gasteiger partial charge in [-0.25, -0.2) is 0 Å². The van der Waals surface area contributed by atoms with Gasteiger partial charge in [0, 0.05) is 0 Å². The molecule has 0 aliphatic rings. The molecular weight excluding hydrogens is 328 g/mol. The van der Waals surface area contributed by atoms with Crippen molar-refractivity contribution in [2.75, 3.05) is 12.4 Å². The number of thiocarbonyl (C=S) groups is 1. The van der Waals surface area contributed by atoms with Gasteiger partial charge in [-0.3, -0.25) is 15.4 Å². The van der Waals surface area contributed by atoms with Gasteiger partial charge in [0.25, 0.3) is 11.9 Å². The lowest BCUT2D eigenvalue weighted by atomic mass is 10.1. The molecule has 0 radical (unpaired) electrons. The quantitative estimate of drug-likeness (QED) is 0.795. The Labute approximate surface area is 145 Å². The maximum Gasteiger partial charge on any atom is 0.269 e. The molecule has 2 rings (SSSR count). The minimum atomic E-state index is -0.373. The van der Waals surface area contributed by atoms with Gasteiger partial charge in [0.05, 0.1) is 19.2 Å². The number of carbonyl (C=O) groups excluding carboxylic acids is 1. The van der Waals surface area contributed by atoms with Crippen LogP contribution in [-0.2, 0) is 6.54 Å². The second kappa shape index (κ2) is 7.82. The second-order valence-electron chi connectivity index (χ2n) is 5.63. The van der Waals surface area contributed by atoms with Gasteiger partial charge >= 0.3 is 0 Å². The summed E-state index contributed by atoms with van der Waals surface area (Å²) in [7, 11) is 1.52. The number of para-hydroxylation sites is 1. The predicted octanol–water partition coefficient (Wildman–Crippen LogP) is 1.77. The summed E-state index contributed by atoms with van der Waals surface area (Å²) < 4.78 is 5.27. The fourth-order valence-electron chi connectivity index (χ4n) is 2.10. The van der Waals surface area contributed by atoms with E-state index in [0.29, 0.717) is 23.8 Å². The van der Waals surface area contributed by atoms with Crippen LogP contribution in [0.15, 0.2) is 18.2 Å². The molecule has 8 nitrogen and oxygen atoms in total. The van der Waals surface area contributed by atoms with Crippen LogP contribution in [0.25, 0.3) is 0 Å². The molecule has 0 saturated carbocycles. The first kappa shape index (κ1) is 17.8. The lowest BCUT2D eigenvalue weighted by molar-refractivity contribution is 0.0974. The zero-order valence-electron chi connectivity index (χ0n) is 14.0. The predicted molar refractivity (Wildman–Crippen MR) is 94.1 cm³/mol. The Morgan fingerprint density at radius 3 is 2.83 bits per heavy atom. The molecule has 24 heavy (non-hydrogen) atoms. The highest BCUT2D eigenvalue weighted by molar-refractivity contribution is 7.80. The van der Waals surface area contributed by atoms with Crippen LogP contribution in [0.2, 0.25) is 0 Å². The minimum absolute atomic E-state index is 0.0904. The average Bonchev–Trinajstić information content (AvgIpc) is 2.92. The first-order valence-corrected chi connectivity index (χ1v) is 7.85. The van der Waals surface area contributed by atoms with E-state index in [1.54, 1.807) is 12.1 Å². The van der Waals surface area contributed by atoms with E-state index in [-0.39, 0.29) is 17.0 Å². The van der Waals surface area contributed by atoms with Crippen LogP contribution in [0.3, 0.4) is 0 Å². The maximum absolute atomic E-state index is 12.3. The van der Waals surface area contributed by atoms with E-state index < -0.39 is 0 Å². The summed E-state index contributed by atoms with van der Waals surface area (Å²) in [6.45, 7) is 6.62. The monoisotopic (exact) mass is 348 g/mol. The smallest absolute Gasteiger partial charge is 0.269 e. The molecule has 0 atom stereocenters. The van der Waals surface area contributed by atoms with Crippen LogP contribution in [0.1, 0.15) is 29.8 Å². The van der Waals surface area contributed by atoms with E-state index in [0.717, 1.165) is 5.56 Å². The highest BCUT2D eigenvalue weighted by atomic mass is 32.1. The lowest BCUT2D eigenvalue weighted by Gasteiger charge is -2.11. The number of benzene rings is 1. The first-order valence-electron chi connectivity index (χ1n) is 7.44. The SMILES string of the molecule is COc1c(C)cccc1C(=O)NC(=S)Nc1nnn(CC(C)C)n1. The fourth-order valence-corrected chi connectivity index (χ4v) is 2.29. The van der Waals surface area contributed by atoms with Crippen molar-refractivity contribution >= 4 is 29.2 Å². The second-order valence-corrected chi connectivity index (χ2v) is 6.03. The Bertz CT molecular complexity index is 743. The third-order valence-electron chi connectivity index (χ3n) is 3.09. The number of nitrogens with zero attached hydrogens (tertiary/aromatic N) is 4. The summed E-state index contributed by atoms with van der Waals surface area (Å²) >= 11 is 5.12. The Balaban J connectivity index is 2.01. The number of anilines is 1. The molecule has 0 aliphatic carbocycles. The van der Waals surface area contributed by atoms with Crippen molar-refractivity contribution < 1.29 is 9.53 Å². The third-order valence-corrected chi connectivity index (χ3v) is 3.30. The van der Waals surface area contributed by atoms with Gasteiger partial charge in [-0.05, 0) is 41.9 Å². The molecule has 0 saturated heterocycles. The number of nitrogens with one attached hydrogen (secondary N) is 2. The molecule has 1 aromatic heterocycles. The normalized spacial score (nSPS) is 10.5. The molecule has 0 bridgehead atoms. The molecule has 2 aromatic rings. The summed E-state index contributed by atoms with van der Waals surface area (Å²) in [5, 5.41) is 17.3. The molecule has 1 heterocycles. The molecular formula is C15H20N6O2S. The highest BCUT2D eigenvalue weighted by Crippen LogP contribution is 2.22. The van der Waals surface area contributed by atoms with Gasteiger partial charge in [-0.2, -0.15) is 4.80 Å². The van der Waals surface area contributed by atoms with Crippen molar-refractivity contribution in [3.63, 3.8) is 0 Å². The molecule has 1 aromatic carbocycles. The van der Waals surface area contributed by atoms with Gasteiger partial charge in [-0.15, -0.1) is 5.10 Å². The van der Waals surface area contributed by atoms with Crippen LogP contribution in [0.5, 0.6) is 5.75 Å². The van der Waals surface area contributed by atoms with E-state index in [9.17, 15) is 4.79 Å². The standard InChI is InChI=1S/C15H20N6O2S/c1-9(2)8-21-19-14(18-20-21)17-15(24)16-13(22)11-7-5-6-10(3)12(11)23-4/h5-7,9H,8H2,1-4H3,(H2,16,17,19,22,24). The summed E-state index contributed by atoms with van der Waals surface area (Å²) in [5.74, 6) is 0.770. The Kier molecular flexibility index (Phi) is 5.80. The Morgan fingerprint density at radius 1 is 1.42 bits per heavy atom. The van der Waals surface area contributed by atoms with E-state index in [1.807, 2.05) is 13.0 Å². The summed E-state index contributed by atoms with van der Waals surface area (Å²) in [6.07, 6.45) is 0. The highest BCUT2D eigenvalue weighted by Gasteiger charge is 2.16. The molecule has 0 unspecified atom stereocenters. The van der Waals surface area contributed by atoms with Crippen molar-refractivity contribution in [3.8, 4) is 5.75 Å². The number of amides is 1. The van der Waals surface area contributed by atoms with Gasteiger partial charge in [0.2, 0.25) is 0 Å². The third kappa shape index (κ3) is 4.48. The number of ether oxygens (including phenoxy) is 1. The van der Waals surface area contributed by atoms with E-state index in [2.05, 4.69) is 39.9 Å². The minimum Gasteiger partial charge on any atom is -0.496 e. The first-order chi connectivity index (χ1) is 11.4. The summed E-state index contributed by atoms with van der Waals surface area (Å²) in [6, 6.07) is 5.31. The number of hydrogen-bond donors (Lipinski definition) is 2. The van der Waals surface area contributed by atoms with Crippen LogP contribution in [0, 0.1) is 12.8 Å². The Morgan fingerprint density at radius 2 is 2.17 bits per heavy atom. The zero-order chi connectivity index (χ0) is 17.7. The maximum atomic E-state index is 12.3. The number of aromatic nitrogens is 4. The number of hydrogen-bond acceptors (Lipinski definition) is 6. The van der Waals surface area contributed by atoms with Gasteiger partial charge in [0.15, 0.2) is 5.11 Å². The summed E-state index contributed by atoms with van der Waals surface area (Å²) in [4.78, 5) is 13.8. The van der Waals surface area contributed by atoms with Crippen LogP contribution >= 0.6 is 12.2 Å². The van der Waals surface area contributed by atoms with Gasteiger partial charge in [0.1, 0.15) is 5.75 Å². The van der Waals surface area contributed by atoms with Crippen molar-refractivity contribution in [1.29, 1.82) is 0 Å². The topological polar surface area (TPSA) is 94.0 Å². The number of methoxy groups -OCH3 is 1. The molecule has 0 fully saturated rings. The lowest BCUT2D eigenvalue weighted by Crippen LogP contribution is -2.34. The molecule has 2 N–H and O–H groups in total. The number of carbonyl (C=O) groups is 1. The van der Waals surface area contributed by atoms with Crippen molar-refractivity contribution in [2.24, 2.45) is 5.92 Å². The summed E-state index contributed by atoms with van der Waals surface area (Å²) in [5.41, 5.74) is 1.26. The number of rotatable bonds is 5. The molecule has 0 spiro atoms. The van der Waals surface area contributed by atoms with E-state index in [1.165, 1.54) is 11.9 Å². The van der Waals surface area contributed by atoms with Crippen molar-refractivity contribution in [3.05, 3.63) is 29.3 Å². The molecule has 128 valence electrons. The van der Waals surface area contributed by atoms with E-state index >= 15 is 0 Å². The Hall–Kier alpha value is -2.55. The average molecular weight is 348 g/mol. The number of tetrazole rings is 1. The zero-order valence-corrected chi connectivity index (χ0v) is 14.8. The molecule has 0 aliphatic heterocycles. The van der Waals surface area contributed by atoms with Crippen LogP contribution in [-0.4, -0.2) is 38.3 Å². The van der Waals surface area contributed by atoms with Crippen LogP contribution < -0.4 is 15.4 Å².